The van der Waals surface area contributed by atoms with E-state index in [1.165, 1.54) is 11.3 Å². The van der Waals surface area contributed by atoms with E-state index in [0.717, 1.165) is 35.1 Å². The highest BCUT2D eigenvalue weighted by atomic mass is 35.5. The maximum Gasteiger partial charge on any atom is 0.231 e. The van der Waals surface area contributed by atoms with E-state index in [2.05, 4.69) is 52.5 Å². The molecule has 128 valence electrons. The summed E-state index contributed by atoms with van der Waals surface area (Å²) >= 11 is 0. The number of nitrogens with one attached hydrogen (secondary N) is 1. The molecule has 0 saturated heterocycles. The Bertz CT molecular complexity index is 938. The third-order valence-corrected chi connectivity index (χ3v) is 4.61. The second-order valence-corrected chi connectivity index (χ2v) is 6.15. The molecule has 1 unspecified atom stereocenters. The summed E-state index contributed by atoms with van der Waals surface area (Å²) in [6.07, 6.45) is 2.09. The van der Waals surface area contributed by atoms with Gasteiger partial charge in [0.2, 0.25) is 6.79 Å². The Kier molecular flexibility index (Phi) is 3.90. The Morgan fingerprint density at radius 2 is 1.96 bits per heavy atom. The summed E-state index contributed by atoms with van der Waals surface area (Å²) in [6, 6.07) is 14.5. The highest BCUT2D eigenvalue weighted by Gasteiger charge is 2.26. The molecule has 2 aliphatic rings. The van der Waals surface area contributed by atoms with Crippen molar-refractivity contribution in [2.75, 3.05) is 6.79 Å². The largest absolute Gasteiger partial charge is 0.454 e. The third-order valence-electron chi connectivity index (χ3n) is 4.61. The Balaban J connectivity index is 0.00000157. The van der Waals surface area contributed by atoms with Crippen LogP contribution in [0.5, 0.6) is 11.5 Å². The standard InChI is InChI=1S/C19H17N3O2.ClH/c1-12-4-2-5-14(21-12)19-15-6-3-7-22(15)16-9-18-17(23-11-24-18)8-13(16)10-20-19;/h2-9,19-20H,10-11H2,1H3;1H. The first-order valence-electron chi connectivity index (χ1n) is 8.07. The molecular weight excluding hydrogens is 338 g/mol. The zero-order valence-corrected chi connectivity index (χ0v) is 14.5. The lowest BCUT2D eigenvalue weighted by molar-refractivity contribution is 0.174. The number of aryl methyl sites for hydroxylation is 1. The van der Waals surface area contributed by atoms with Crippen LogP contribution < -0.4 is 14.8 Å². The van der Waals surface area contributed by atoms with E-state index in [0.29, 0.717) is 6.79 Å². The highest BCUT2D eigenvalue weighted by Crippen LogP contribution is 2.39. The number of aromatic nitrogens is 2. The summed E-state index contributed by atoms with van der Waals surface area (Å²) in [5, 5.41) is 3.64. The molecule has 5 nitrogen and oxygen atoms in total. The van der Waals surface area contributed by atoms with Crippen molar-refractivity contribution in [2.24, 2.45) is 0 Å². The molecule has 6 heteroatoms. The lowest BCUT2D eigenvalue weighted by Crippen LogP contribution is -2.22. The molecular formula is C19H18ClN3O2. The molecule has 2 aliphatic heterocycles. The molecule has 1 aromatic carbocycles. The molecule has 25 heavy (non-hydrogen) atoms. The summed E-state index contributed by atoms with van der Waals surface area (Å²) in [5.74, 6) is 1.62. The molecule has 5 rings (SSSR count). The molecule has 1 N–H and O–H groups in total. The second kappa shape index (κ2) is 6.10. The van der Waals surface area contributed by atoms with Crippen LogP contribution >= 0.6 is 12.4 Å². The van der Waals surface area contributed by atoms with Gasteiger partial charge in [0.05, 0.1) is 17.4 Å². The second-order valence-electron chi connectivity index (χ2n) is 6.15. The normalized spacial score (nSPS) is 17.2. The fourth-order valence-corrected chi connectivity index (χ4v) is 3.49. The molecule has 0 aliphatic carbocycles. The van der Waals surface area contributed by atoms with Crippen LogP contribution in [0.3, 0.4) is 0 Å². The van der Waals surface area contributed by atoms with E-state index >= 15 is 0 Å². The van der Waals surface area contributed by atoms with Crippen molar-refractivity contribution in [2.45, 2.75) is 19.5 Å². The minimum Gasteiger partial charge on any atom is -0.454 e. The zero-order chi connectivity index (χ0) is 16.1. The molecule has 4 heterocycles. The van der Waals surface area contributed by atoms with E-state index in [4.69, 9.17) is 14.5 Å². The maximum absolute atomic E-state index is 5.56. The van der Waals surface area contributed by atoms with Crippen molar-refractivity contribution in [1.29, 1.82) is 0 Å². The fourth-order valence-electron chi connectivity index (χ4n) is 3.49. The Morgan fingerprint density at radius 1 is 1.12 bits per heavy atom. The van der Waals surface area contributed by atoms with Crippen molar-refractivity contribution in [1.82, 2.24) is 14.9 Å². The van der Waals surface area contributed by atoms with Gasteiger partial charge in [-0.25, -0.2) is 0 Å². The molecule has 1 atom stereocenters. The highest BCUT2D eigenvalue weighted by molar-refractivity contribution is 5.85. The number of fused-ring (bicyclic) bond motifs is 4. The van der Waals surface area contributed by atoms with E-state index in [-0.39, 0.29) is 18.4 Å². The van der Waals surface area contributed by atoms with Gasteiger partial charge >= 0.3 is 0 Å². The maximum atomic E-state index is 5.56. The number of hydrogen-bond acceptors (Lipinski definition) is 4. The first-order chi connectivity index (χ1) is 11.8. The molecule has 0 bridgehead atoms. The Hall–Kier alpha value is -2.50. The number of nitrogens with zero attached hydrogens (tertiary/aromatic N) is 2. The van der Waals surface area contributed by atoms with E-state index in [9.17, 15) is 0 Å². The molecule has 2 aromatic heterocycles. The summed E-state index contributed by atoms with van der Waals surface area (Å²) in [4.78, 5) is 4.72. The third kappa shape index (κ3) is 2.56. The summed E-state index contributed by atoms with van der Waals surface area (Å²) in [6.45, 7) is 3.06. The van der Waals surface area contributed by atoms with Gasteiger partial charge in [-0.3, -0.25) is 10.3 Å². The van der Waals surface area contributed by atoms with Gasteiger partial charge in [-0.2, -0.15) is 0 Å². The lowest BCUT2D eigenvalue weighted by atomic mass is 10.1. The Labute approximate surface area is 152 Å². The summed E-state index contributed by atoms with van der Waals surface area (Å²) in [5.41, 5.74) is 5.54. The van der Waals surface area contributed by atoms with Gasteiger partial charge in [-0.05, 0) is 42.8 Å². The average Bonchev–Trinajstić information content (AvgIpc) is 3.20. The van der Waals surface area contributed by atoms with Gasteiger partial charge in [-0.1, -0.05) is 6.07 Å². The van der Waals surface area contributed by atoms with Gasteiger partial charge in [0.25, 0.3) is 0 Å². The van der Waals surface area contributed by atoms with Gasteiger partial charge in [0.1, 0.15) is 0 Å². The van der Waals surface area contributed by atoms with Crippen LogP contribution in [-0.2, 0) is 6.54 Å². The number of halogens is 1. The minimum absolute atomic E-state index is 0. The number of ether oxygens (including phenoxy) is 2. The number of benzene rings is 1. The van der Waals surface area contributed by atoms with E-state index in [1.54, 1.807) is 0 Å². The SMILES string of the molecule is Cc1cccc(C2NCc3cc4c(cc3-n3cccc32)OCO4)n1.Cl. The average molecular weight is 356 g/mol. The van der Waals surface area contributed by atoms with Crippen molar-refractivity contribution in [3.05, 3.63) is 71.3 Å². The van der Waals surface area contributed by atoms with Gasteiger partial charge in [0, 0.05) is 30.2 Å². The minimum atomic E-state index is 0. The van der Waals surface area contributed by atoms with Gasteiger partial charge < -0.3 is 14.0 Å². The van der Waals surface area contributed by atoms with Crippen molar-refractivity contribution in [3.63, 3.8) is 0 Å². The lowest BCUT2D eigenvalue weighted by Gasteiger charge is -2.17. The zero-order valence-electron chi connectivity index (χ0n) is 13.7. The molecule has 0 amide bonds. The van der Waals surface area contributed by atoms with Crippen LogP contribution in [0, 0.1) is 6.92 Å². The molecule has 0 saturated carbocycles. The van der Waals surface area contributed by atoms with Crippen molar-refractivity contribution >= 4 is 12.4 Å². The number of hydrogen-bond donors (Lipinski definition) is 1. The Morgan fingerprint density at radius 3 is 2.80 bits per heavy atom. The quantitative estimate of drug-likeness (QED) is 0.725. The first-order valence-corrected chi connectivity index (χ1v) is 8.07. The smallest absolute Gasteiger partial charge is 0.231 e. The van der Waals surface area contributed by atoms with Crippen LogP contribution in [0.2, 0.25) is 0 Å². The van der Waals surface area contributed by atoms with Crippen LogP contribution in [-0.4, -0.2) is 16.3 Å². The number of rotatable bonds is 1. The topological polar surface area (TPSA) is 48.3 Å². The van der Waals surface area contributed by atoms with Crippen molar-refractivity contribution in [3.8, 4) is 17.2 Å². The summed E-state index contributed by atoms with van der Waals surface area (Å²) in [7, 11) is 0. The fraction of sp³-hybridized carbons (Fsp3) is 0.211. The van der Waals surface area contributed by atoms with E-state index in [1.807, 2.05) is 13.0 Å². The number of pyridine rings is 1. The predicted octanol–water partition coefficient (Wildman–Crippen LogP) is 3.52. The first kappa shape index (κ1) is 16.0. The van der Waals surface area contributed by atoms with Crippen LogP contribution in [0.25, 0.3) is 5.69 Å². The summed E-state index contributed by atoms with van der Waals surface area (Å²) < 4.78 is 13.3. The van der Waals surface area contributed by atoms with Crippen molar-refractivity contribution < 1.29 is 9.47 Å². The predicted molar refractivity (Wildman–Crippen MR) is 96.8 cm³/mol. The molecule has 0 spiro atoms. The van der Waals surface area contributed by atoms with Gasteiger partial charge in [0.15, 0.2) is 11.5 Å². The monoisotopic (exact) mass is 355 g/mol. The van der Waals surface area contributed by atoms with Crippen LogP contribution in [0.15, 0.2) is 48.7 Å². The van der Waals surface area contributed by atoms with Gasteiger partial charge in [-0.15, -0.1) is 12.4 Å². The van der Waals surface area contributed by atoms with E-state index < -0.39 is 0 Å². The van der Waals surface area contributed by atoms with Crippen LogP contribution in [0.1, 0.15) is 28.7 Å². The van der Waals surface area contributed by atoms with Crippen LogP contribution in [0.4, 0.5) is 0 Å². The molecule has 3 aromatic rings. The molecule has 0 radical (unpaired) electrons. The molecule has 0 fully saturated rings.